The van der Waals surface area contributed by atoms with Gasteiger partial charge in [-0.15, -0.1) is 0 Å². The lowest BCUT2D eigenvalue weighted by atomic mass is 10.1. The summed E-state index contributed by atoms with van der Waals surface area (Å²) < 4.78 is 0. The number of nitrogens with one attached hydrogen (secondary N) is 1. The highest BCUT2D eigenvalue weighted by molar-refractivity contribution is 5.79. The molecule has 6 heteroatoms. The molecule has 0 aromatic carbocycles. The van der Waals surface area contributed by atoms with E-state index in [1.807, 2.05) is 13.8 Å². The second-order valence-electron chi connectivity index (χ2n) is 4.11. The van der Waals surface area contributed by atoms with Gasteiger partial charge in [0.25, 0.3) is 0 Å². The van der Waals surface area contributed by atoms with Gasteiger partial charge in [0, 0.05) is 13.1 Å². The van der Waals surface area contributed by atoms with Crippen molar-refractivity contribution in [1.29, 1.82) is 0 Å². The lowest BCUT2D eigenvalue weighted by molar-refractivity contribution is -0.155. The number of carbonyl (C=O) groups is 2. The third kappa shape index (κ3) is 4.06. The zero-order valence-electron chi connectivity index (χ0n) is 10.1. The molecule has 6 nitrogen and oxygen atoms in total. The Bertz CT molecular complexity index is 266. The van der Waals surface area contributed by atoms with Gasteiger partial charge in [0.1, 0.15) is 0 Å². The van der Waals surface area contributed by atoms with Gasteiger partial charge in [0.2, 0.25) is 0 Å². The van der Waals surface area contributed by atoms with Crippen LogP contribution in [0.25, 0.3) is 0 Å². The zero-order chi connectivity index (χ0) is 12.9. The van der Waals surface area contributed by atoms with E-state index >= 15 is 0 Å². The molecule has 2 unspecified atom stereocenters. The molecule has 16 heavy (non-hydrogen) atoms. The number of aliphatic hydroxyl groups is 1. The predicted octanol–water partition coefficient (Wildman–Crippen LogP) is 0.262. The summed E-state index contributed by atoms with van der Waals surface area (Å²) in [4.78, 5) is 23.6. The fourth-order valence-electron chi connectivity index (χ4n) is 0.922. The van der Waals surface area contributed by atoms with Crippen molar-refractivity contribution in [2.45, 2.75) is 38.8 Å². The number of carboxylic acid groups (broad SMARTS) is 1. The van der Waals surface area contributed by atoms with E-state index in [1.165, 1.54) is 4.90 Å². The number of carbonyl (C=O) groups excluding carboxylic acids is 1. The molecule has 0 fully saturated rings. The molecule has 2 atom stereocenters. The molecule has 0 aliphatic heterocycles. The van der Waals surface area contributed by atoms with Crippen LogP contribution in [0.2, 0.25) is 0 Å². The molecule has 0 aliphatic carbocycles. The highest BCUT2D eigenvalue weighted by Gasteiger charge is 2.30. The van der Waals surface area contributed by atoms with Gasteiger partial charge in [-0.25, -0.2) is 9.59 Å². The number of carboxylic acids is 1. The number of rotatable bonds is 5. The van der Waals surface area contributed by atoms with Crippen LogP contribution in [0, 0.1) is 0 Å². The van der Waals surface area contributed by atoms with Crippen molar-refractivity contribution >= 4 is 12.0 Å². The van der Waals surface area contributed by atoms with Gasteiger partial charge in [0.15, 0.2) is 5.60 Å². The summed E-state index contributed by atoms with van der Waals surface area (Å²) in [5.41, 5.74) is -1.94. The Morgan fingerprint density at radius 3 is 2.38 bits per heavy atom. The van der Waals surface area contributed by atoms with Gasteiger partial charge < -0.3 is 20.4 Å². The summed E-state index contributed by atoms with van der Waals surface area (Å²) in [6, 6.07) is -0.328. The van der Waals surface area contributed by atoms with Crippen molar-refractivity contribution in [2.24, 2.45) is 0 Å². The minimum atomic E-state index is -1.94. The van der Waals surface area contributed by atoms with E-state index in [-0.39, 0.29) is 12.6 Å². The summed E-state index contributed by atoms with van der Waals surface area (Å²) in [7, 11) is 1.62. The van der Waals surface area contributed by atoms with Crippen LogP contribution in [0.15, 0.2) is 0 Å². The second-order valence-corrected chi connectivity index (χ2v) is 4.11. The Balaban J connectivity index is 4.22. The van der Waals surface area contributed by atoms with Crippen molar-refractivity contribution in [3.8, 4) is 0 Å². The summed E-state index contributed by atoms with van der Waals surface area (Å²) in [6.45, 7) is 4.65. The van der Waals surface area contributed by atoms with Crippen LogP contribution in [0.3, 0.4) is 0 Å². The highest BCUT2D eigenvalue weighted by atomic mass is 16.4. The van der Waals surface area contributed by atoms with Gasteiger partial charge in [-0.05, 0) is 20.3 Å². The minimum absolute atomic E-state index is 0.0646. The highest BCUT2D eigenvalue weighted by Crippen LogP contribution is 2.03. The quantitative estimate of drug-likeness (QED) is 0.634. The first-order valence-corrected chi connectivity index (χ1v) is 5.18. The molecule has 0 aliphatic rings. The molecular formula is C10H20N2O4. The van der Waals surface area contributed by atoms with Gasteiger partial charge in [-0.1, -0.05) is 6.92 Å². The van der Waals surface area contributed by atoms with E-state index in [2.05, 4.69) is 5.32 Å². The number of hydrogen-bond donors (Lipinski definition) is 3. The molecule has 94 valence electrons. The van der Waals surface area contributed by atoms with E-state index in [9.17, 15) is 14.7 Å². The van der Waals surface area contributed by atoms with Crippen molar-refractivity contribution in [3.05, 3.63) is 0 Å². The molecule has 0 saturated heterocycles. The molecule has 0 radical (unpaired) electrons. The topological polar surface area (TPSA) is 89.9 Å². The van der Waals surface area contributed by atoms with E-state index in [1.54, 1.807) is 7.05 Å². The number of amides is 2. The average Bonchev–Trinajstić information content (AvgIpc) is 2.23. The maximum atomic E-state index is 11.5. The normalized spacial score (nSPS) is 16.1. The minimum Gasteiger partial charge on any atom is -0.479 e. The molecule has 0 bridgehead atoms. The van der Waals surface area contributed by atoms with Gasteiger partial charge in [0.05, 0.1) is 6.54 Å². The molecule has 0 heterocycles. The smallest absolute Gasteiger partial charge is 0.337 e. The van der Waals surface area contributed by atoms with E-state index in [0.717, 1.165) is 13.3 Å². The van der Waals surface area contributed by atoms with Crippen molar-refractivity contribution in [3.63, 3.8) is 0 Å². The standard InChI is InChI=1S/C10H20N2O4/c1-5-7(2)12(4)9(15)11-6-10(3,16)8(13)14/h7,16H,5-6H2,1-4H3,(H,11,15)(H,13,14). The lowest BCUT2D eigenvalue weighted by Crippen LogP contribution is -2.50. The van der Waals surface area contributed by atoms with E-state index in [0.29, 0.717) is 0 Å². The van der Waals surface area contributed by atoms with Crippen LogP contribution >= 0.6 is 0 Å². The van der Waals surface area contributed by atoms with Crippen molar-refractivity contribution in [1.82, 2.24) is 10.2 Å². The Hall–Kier alpha value is -1.30. The summed E-state index contributed by atoms with van der Waals surface area (Å²) >= 11 is 0. The van der Waals surface area contributed by atoms with E-state index in [4.69, 9.17) is 5.11 Å². The third-order valence-electron chi connectivity index (χ3n) is 2.62. The summed E-state index contributed by atoms with van der Waals surface area (Å²) in [5, 5.41) is 20.4. The van der Waals surface area contributed by atoms with Gasteiger partial charge in [-0.3, -0.25) is 0 Å². The third-order valence-corrected chi connectivity index (χ3v) is 2.62. The number of hydrogen-bond acceptors (Lipinski definition) is 3. The first-order valence-electron chi connectivity index (χ1n) is 5.18. The van der Waals surface area contributed by atoms with Crippen LogP contribution in [-0.4, -0.2) is 52.3 Å². The average molecular weight is 232 g/mol. The molecule has 0 saturated carbocycles. The fraction of sp³-hybridized carbons (Fsp3) is 0.800. The number of urea groups is 1. The fourth-order valence-corrected chi connectivity index (χ4v) is 0.922. The number of nitrogens with zero attached hydrogens (tertiary/aromatic N) is 1. The van der Waals surface area contributed by atoms with Crippen LogP contribution < -0.4 is 5.32 Å². The molecule has 0 aromatic rings. The Labute approximate surface area is 95.2 Å². The monoisotopic (exact) mass is 232 g/mol. The van der Waals surface area contributed by atoms with Gasteiger partial charge >= 0.3 is 12.0 Å². The molecule has 0 rings (SSSR count). The maximum Gasteiger partial charge on any atom is 0.337 e. The molecule has 0 aromatic heterocycles. The largest absolute Gasteiger partial charge is 0.479 e. The molecule has 2 amide bonds. The van der Waals surface area contributed by atoms with Crippen molar-refractivity contribution in [2.75, 3.05) is 13.6 Å². The first-order chi connectivity index (χ1) is 7.22. The molecular weight excluding hydrogens is 212 g/mol. The molecule has 3 N–H and O–H groups in total. The van der Waals surface area contributed by atoms with Gasteiger partial charge in [-0.2, -0.15) is 0 Å². The predicted molar refractivity (Wildman–Crippen MR) is 59.2 cm³/mol. The second kappa shape index (κ2) is 5.69. The van der Waals surface area contributed by atoms with Crippen LogP contribution in [0.1, 0.15) is 27.2 Å². The van der Waals surface area contributed by atoms with Crippen molar-refractivity contribution < 1.29 is 19.8 Å². The lowest BCUT2D eigenvalue weighted by Gasteiger charge is -2.26. The Morgan fingerprint density at radius 2 is 2.00 bits per heavy atom. The Kier molecular flexibility index (Phi) is 5.23. The van der Waals surface area contributed by atoms with Crippen LogP contribution in [0.4, 0.5) is 4.79 Å². The Morgan fingerprint density at radius 1 is 1.50 bits per heavy atom. The first kappa shape index (κ1) is 14.7. The van der Waals surface area contributed by atoms with Crippen LogP contribution in [0.5, 0.6) is 0 Å². The van der Waals surface area contributed by atoms with Crippen LogP contribution in [-0.2, 0) is 4.79 Å². The zero-order valence-corrected chi connectivity index (χ0v) is 10.1. The summed E-state index contributed by atoms with van der Waals surface area (Å²) in [5.74, 6) is -1.36. The maximum absolute atomic E-state index is 11.5. The molecule has 0 spiro atoms. The summed E-state index contributed by atoms with van der Waals surface area (Å²) in [6.07, 6.45) is 0.805. The number of aliphatic carboxylic acids is 1. The SMILES string of the molecule is CCC(C)N(C)C(=O)NCC(C)(O)C(=O)O. The van der Waals surface area contributed by atoms with E-state index < -0.39 is 17.6 Å².